The fourth-order valence-corrected chi connectivity index (χ4v) is 2.40. The molecule has 112 valence electrons. The minimum Gasteiger partial charge on any atom is -0.380 e. The maximum absolute atomic E-state index is 5.78. The number of ether oxygens (including phenoxy) is 2. The number of H-pyrrole nitrogens is 1. The Balaban J connectivity index is 1.43. The number of aromatic amines is 1. The predicted octanol–water partition coefficient (Wildman–Crippen LogP) is 1.17. The average molecular weight is 280 g/mol. The van der Waals surface area contributed by atoms with E-state index in [1.165, 1.54) is 12.8 Å². The summed E-state index contributed by atoms with van der Waals surface area (Å²) < 4.78 is 11.5. The van der Waals surface area contributed by atoms with Crippen molar-refractivity contribution in [2.45, 2.75) is 32.3 Å². The molecule has 2 heterocycles. The van der Waals surface area contributed by atoms with Crippen molar-refractivity contribution in [2.24, 2.45) is 5.92 Å². The van der Waals surface area contributed by atoms with Crippen molar-refractivity contribution in [3.05, 3.63) is 11.6 Å². The lowest BCUT2D eigenvalue weighted by Crippen LogP contribution is -2.40. The third kappa shape index (κ3) is 3.77. The first-order chi connectivity index (χ1) is 9.85. The number of hydrogen-bond donors (Lipinski definition) is 1. The lowest BCUT2D eigenvalue weighted by molar-refractivity contribution is -0.0419. The number of aryl methyl sites for hydroxylation is 1. The molecule has 0 bridgehead atoms. The molecule has 1 unspecified atom stereocenters. The summed E-state index contributed by atoms with van der Waals surface area (Å²) in [6.07, 6.45) is 3.57. The Morgan fingerprint density at radius 1 is 1.45 bits per heavy atom. The van der Waals surface area contributed by atoms with Crippen LogP contribution in [0.2, 0.25) is 0 Å². The summed E-state index contributed by atoms with van der Waals surface area (Å²) in [6.45, 7) is 7.35. The van der Waals surface area contributed by atoms with E-state index in [-0.39, 0.29) is 6.10 Å². The van der Waals surface area contributed by atoms with Crippen LogP contribution in [0.5, 0.6) is 0 Å². The lowest BCUT2D eigenvalue weighted by atomic mass is 10.2. The zero-order chi connectivity index (χ0) is 13.8. The smallest absolute Gasteiger partial charge is 0.180 e. The predicted molar refractivity (Wildman–Crippen MR) is 74.4 cm³/mol. The van der Waals surface area contributed by atoms with Crippen LogP contribution in [0.1, 0.15) is 37.5 Å². The Bertz CT molecular complexity index is 419. The summed E-state index contributed by atoms with van der Waals surface area (Å²) in [5, 5.41) is 7.21. The Kier molecular flexibility index (Phi) is 4.65. The van der Waals surface area contributed by atoms with Crippen LogP contribution in [-0.2, 0) is 15.9 Å². The molecule has 1 aromatic heterocycles. The number of hydrogen-bond acceptors (Lipinski definition) is 5. The number of rotatable bonds is 7. The first kappa shape index (κ1) is 14.0. The van der Waals surface area contributed by atoms with Gasteiger partial charge < -0.3 is 9.47 Å². The molecule has 1 aliphatic heterocycles. The number of nitrogens with one attached hydrogen (secondary N) is 1. The van der Waals surface area contributed by atoms with Gasteiger partial charge in [-0.15, -0.1) is 0 Å². The highest BCUT2D eigenvalue weighted by atomic mass is 16.5. The van der Waals surface area contributed by atoms with E-state index in [1.54, 1.807) is 0 Å². The molecule has 1 N–H and O–H groups in total. The van der Waals surface area contributed by atoms with Gasteiger partial charge in [0, 0.05) is 32.7 Å². The molecule has 1 atom stereocenters. The SMILES string of the molecule is CCc1nc(C2CN(CCOCC3CC3)CCO2)n[nH]1. The van der Waals surface area contributed by atoms with Crippen LogP contribution in [0, 0.1) is 5.92 Å². The molecule has 3 rings (SSSR count). The maximum Gasteiger partial charge on any atom is 0.180 e. The molecule has 1 aliphatic carbocycles. The second-order valence-corrected chi connectivity index (χ2v) is 5.67. The zero-order valence-electron chi connectivity index (χ0n) is 12.2. The van der Waals surface area contributed by atoms with Gasteiger partial charge in [0.2, 0.25) is 0 Å². The summed E-state index contributed by atoms with van der Waals surface area (Å²) in [7, 11) is 0. The molecular formula is C14H24N4O2. The number of aromatic nitrogens is 3. The van der Waals surface area contributed by atoms with E-state index in [0.717, 1.165) is 63.4 Å². The van der Waals surface area contributed by atoms with Crippen molar-refractivity contribution in [2.75, 3.05) is 39.5 Å². The van der Waals surface area contributed by atoms with E-state index >= 15 is 0 Å². The maximum atomic E-state index is 5.78. The molecule has 2 fully saturated rings. The molecule has 0 radical (unpaired) electrons. The molecular weight excluding hydrogens is 256 g/mol. The van der Waals surface area contributed by atoms with E-state index in [2.05, 4.69) is 27.0 Å². The van der Waals surface area contributed by atoms with Gasteiger partial charge in [-0.3, -0.25) is 10.00 Å². The second kappa shape index (κ2) is 6.65. The van der Waals surface area contributed by atoms with Crippen LogP contribution in [-0.4, -0.2) is 59.5 Å². The lowest BCUT2D eigenvalue weighted by Gasteiger charge is -2.31. The van der Waals surface area contributed by atoms with Gasteiger partial charge in [0.05, 0.1) is 13.2 Å². The summed E-state index contributed by atoms with van der Waals surface area (Å²) >= 11 is 0. The van der Waals surface area contributed by atoms with Gasteiger partial charge in [0.1, 0.15) is 11.9 Å². The van der Waals surface area contributed by atoms with Gasteiger partial charge in [0.15, 0.2) is 5.82 Å². The Morgan fingerprint density at radius 3 is 3.10 bits per heavy atom. The minimum absolute atomic E-state index is 0.0104. The fraction of sp³-hybridized carbons (Fsp3) is 0.857. The third-order valence-electron chi connectivity index (χ3n) is 3.92. The highest BCUT2D eigenvalue weighted by molar-refractivity contribution is 4.96. The first-order valence-corrected chi connectivity index (χ1v) is 7.68. The summed E-state index contributed by atoms with van der Waals surface area (Å²) in [4.78, 5) is 6.84. The molecule has 1 saturated heterocycles. The second-order valence-electron chi connectivity index (χ2n) is 5.67. The average Bonchev–Trinajstić information content (AvgIpc) is 3.18. The van der Waals surface area contributed by atoms with Crippen molar-refractivity contribution in [1.29, 1.82) is 0 Å². The molecule has 6 heteroatoms. The monoisotopic (exact) mass is 280 g/mol. The van der Waals surface area contributed by atoms with Crippen molar-refractivity contribution in [3.63, 3.8) is 0 Å². The first-order valence-electron chi connectivity index (χ1n) is 7.68. The Labute approximate surface area is 119 Å². The normalized spacial score (nSPS) is 24.1. The molecule has 20 heavy (non-hydrogen) atoms. The van der Waals surface area contributed by atoms with Crippen molar-refractivity contribution >= 4 is 0 Å². The van der Waals surface area contributed by atoms with E-state index < -0.39 is 0 Å². The van der Waals surface area contributed by atoms with Crippen molar-refractivity contribution in [1.82, 2.24) is 20.1 Å². The third-order valence-corrected chi connectivity index (χ3v) is 3.92. The zero-order valence-corrected chi connectivity index (χ0v) is 12.2. The Morgan fingerprint density at radius 2 is 2.35 bits per heavy atom. The van der Waals surface area contributed by atoms with Gasteiger partial charge >= 0.3 is 0 Å². The summed E-state index contributed by atoms with van der Waals surface area (Å²) in [6, 6.07) is 0. The molecule has 1 aromatic rings. The van der Waals surface area contributed by atoms with E-state index in [0.29, 0.717) is 0 Å². The van der Waals surface area contributed by atoms with Crippen LogP contribution in [0.4, 0.5) is 0 Å². The van der Waals surface area contributed by atoms with Gasteiger partial charge in [-0.05, 0) is 18.8 Å². The fourth-order valence-electron chi connectivity index (χ4n) is 2.40. The molecule has 1 saturated carbocycles. The number of morpholine rings is 1. The van der Waals surface area contributed by atoms with Crippen molar-refractivity contribution in [3.8, 4) is 0 Å². The summed E-state index contributed by atoms with van der Waals surface area (Å²) in [5.41, 5.74) is 0. The van der Waals surface area contributed by atoms with Crippen LogP contribution < -0.4 is 0 Å². The van der Waals surface area contributed by atoms with Crippen LogP contribution in [0.25, 0.3) is 0 Å². The van der Waals surface area contributed by atoms with Gasteiger partial charge in [0.25, 0.3) is 0 Å². The molecule has 0 amide bonds. The highest BCUT2D eigenvalue weighted by Crippen LogP contribution is 2.28. The molecule has 2 aliphatic rings. The van der Waals surface area contributed by atoms with Crippen LogP contribution in [0.3, 0.4) is 0 Å². The van der Waals surface area contributed by atoms with E-state index in [4.69, 9.17) is 9.47 Å². The summed E-state index contributed by atoms with van der Waals surface area (Å²) in [5.74, 6) is 2.55. The van der Waals surface area contributed by atoms with Gasteiger partial charge in [-0.1, -0.05) is 6.92 Å². The van der Waals surface area contributed by atoms with Gasteiger partial charge in [-0.25, -0.2) is 4.98 Å². The molecule has 0 spiro atoms. The Hall–Kier alpha value is -0.980. The van der Waals surface area contributed by atoms with Crippen LogP contribution >= 0.6 is 0 Å². The van der Waals surface area contributed by atoms with E-state index in [1.807, 2.05) is 0 Å². The largest absolute Gasteiger partial charge is 0.380 e. The topological polar surface area (TPSA) is 63.3 Å². The minimum atomic E-state index is -0.0104. The van der Waals surface area contributed by atoms with Crippen LogP contribution in [0.15, 0.2) is 0 Å². The quantitative estimate of drug-likeness (QED) is 0.760. The number of nitrogens with zero attached hydrogens (tertiary/aromatic N) is 3. The molecule has 6 nitrogen and oxygen atoms in total. The van der Waals surface area contributed by atoms with Gasteiger partial charge in [-0.2, -0.15) is 5.10 Å². The van der Waals surface area contributed by atoms with E-state index in [9.17, 15) is 0 Å². The standard InChI is InChI=1S/C14H24N4O2/c1-2-13-15-14(17-16-13)12-9-18(6-8-20-12)5-7-19-10-11-3-4-11/h11-12H,2-10H2,1H3,(H,15,16,17). The molecule has 0 aromatic carbocycles. The highest BCUT2D eigenvalue weighted by Gasteiger charge is 2.25. The van der Waals surface area contributed by atoms with Crippen molar-refractivity contribution < 1.29 is 9.47 Å².